The van der Waals surface area contributed by atoms with Gasteiger partial charge in [-0.05, 0) is 6.92 Å². The molecule has 0 bridgehead atoms. The molecule has 0 heterocycles. The number of hydrogen-bond acceptors (Lipinski definition) is 5. The second-order valence-electron chi connectivity index (χ2n) is 4.16. The van der Waals surface area contributed by atoms with Gasteiger partial charge in [-0.25, -0.2) is 0 Å². The van der Waals surface area contributed by atoms with Gasteiger partial charge in [-0.2, -0.15) is 0 Å². The maximum Gasteiger partial charge on any atom is 0.102 e. The summed E-state index contributed by atoms with van der Waals surface area (Å²) in [6, 6.07) is 0. The molecule has 0 amide bonds. The van der Waals surface area contributed by atoms with E-state index in [-0.39, 0.29) is 19.8 Å². The third-order valence-corrected chi connectivity index (χ3v) is 2.35. The number of aliphatic hydroxyl groups is 3. The Labute approximate surface area is 103 Å². The van der Waals surface area contributed by atoms with Crippen LogP contribution in [-0.4, -0.2) is 72.3 Å². The summed E-state index contributed by atoms with van der Waals surface area (Å²) < 4.78 is 0.734. The van der Waals surface area contributed by atoms with Crippen molar-refractivity contribution in [3.63, 3.8) is 0 Å². The first-order valence-corrected chi connectivity index (χ1v) is 5.75. The Hall–Kier alpha value is -0.690. The summed E-state index contributed by atoms with van der Waals surface area (Å²) in [4.78, 5) is 8.89. The highest BCUT2D eigenvalue weighted by Gasteiger charge is 2.19. The molecule has 6 nitrogen and oxygen atoms in total. The van der Waals surface area contributed by atoms with Crippen LogP contribution in [-0.2, 0) is 4.79 Å². The van der Waals surface area contributed by atoms with Crippen molar-refractivity contribution < 1.29 is 29.7 Å². The molecule has 0 aliphatic heterocycles. The molecule has 0 radical (unpaired) electrons. The van der Waals surface area contributed by atoms with Crippen LogP contribution >= 0.6 is 0 Å². The molecule has 0 aromatic heterocycles. The Morgan fingerprint density at radius 1 is 1.00 bits per heavy atom. The molecule has 104 valence electrons. The largest absolute Gasteiger partial charge is 0.550 e. The van der Waals surface area contributed by atoms with Crippen LogP contribution in [0.5, 0.6) is 0 Å². The van der Waals surface area contributed by atoms with Crippen molar-refractivity contribution in [2.75, 3.05) is 46.5 Å². The van der Waals surface area contributed by atoms with Crippen molar-refractivity contribution in [1.29, 1.82) is 0 Å². The highest BCUT2D eigenvalue weighted by atomic mass is 16.4. The van der Waals surface area contributed by atoms with Crippen LogP contribution in [0.25, 0.3) is 0 Å². The van der Waals surface area contributed by atoms with Gasteiger partial charge in [0.15, 0.2) is 0 Å². The lowest BCUT2D eigenvalue weighted by atomic mass is 10.3. The van der Waals surface area contributed by atoms with Crippen LogP contribution < -0.4 is 5.11 Å². The molecule has 0 spiro atoms. The lowest BCUT2D eigenvalue weighted by Gasteiger charge is -2.33. The number of quaternary nitrogens is 1. The third-order valence-electron chi connectivity index (χ3n) is 2.35. The normalized spacial score (nSPS) is 10.6. The molecule has 6 heteroatoms. The zero-order chi connectivity index (χ0) is 13.7. The number of carboxylic acid groups (broad SMARTS) is 1. The van der Waals surface area contributed by atoms with Crippen LogP contribution in [0.4, 0.5) is 0 Å². The van der Waals surface area contributed by atoms with Gasteiger partial charge < -0.3 is 29.7 Å². The zero-order valence-corrected chi connectivity index (χ0v) is 10.8. The van der Waals surface area contributed by atoms with Crippen LogP contribution in [0.1, 0.15) is 19.8 Å². The molecule has 0 aliphatic carbocycles. The number of carboxylic acids is 1. The molecule has 17 heavy (non-hydrogen) atoms. The van der Waals surface area contributed by atoms with Crippen LogP contribution in [0.15, 0.2) is 0 Å². The fraction of sp³-hybridized carbons (Fsp3) is 0.909. The molecular weight excluding hydrogens is 226 g/mol. The van der Waals surface area contributed by atoms with Gasteiger partial charge in [0.05, 0.1) is 26.7 Å². The van der Waals surface area contributed by atoms with E-state index in [9.17, 15) is 0 Å². The first kappa shape index (κ1) is 18.7. The van der Waals surface area contributed by atoms with E-state index in [1.807, 2.05) is 7.05 Å². The van der Waals surface area contributed by atoms with E-state index in [1.165, 1.54) is 0 Å². The summed E-state index contributed by atoms with van der Waals surface area (Å²) in [6.45, 7) is 3.93. The van der Waals surface area contributed by atoms with E-state index in [4.69, 9.17) is 25.2 Å². The van der Waals surface area contributed by atoms with Gasteiger partial charge >= 0.3 is 0 Å². The summed E-state index contributed by atoms with van der Waals surface area (Å²) in [5, 5.41) is 35.2. The second kappa shape index (κ2) is 11.8. The quantitative estimate of drug-likeness (QED) is 0.431. The smallest absolute Gasteiger partial charge is 0.102 e. The van der Waals surface area contributed by atoms with Gasteiger partial charge in [0.1, 0.15) is 6.54 Å². The molecule has 0 aliphatic rings. The van der Waals surface area contributed by atoms with Gasteiger partial charge in [-0.15, -0.1) is 0 Å². The first-order valence-electron chi connectivity index (χ1n) is 5.75. The lowest BCUT2D eigenvalue weighted by Crippen LogP contribution is -2.48. The summed E-state index contributed by atoms with van der Waals surface area (Å²) >= 11 is 0. The Balaban J connectivity index is 0. The summed E-state index contributed by atoms with van der Waals surface area (Å²) in [6.07, 6.45) is 1.50. The van der Waals surface area contributed by atoms with Crippen molar-refractivity contribution >= 4 is 5.97 Å². The van der Waals surface area contributed by atoms with Crippen molar-refractivity contribution in [2.45, 2.75) is 19.8 Å². The Morgan fingerprint density at radius 2 is 1.35 bits per heavy atom. The van der Waals surface area contributed by atoms with Crippen molar-refractivity contribution in [3.05, 3.63) is 0 Å². The van der Waals surface area contributed by atoms with Gasteiger partial charge in [0.2, 0.25) is 0 Å². The van der Waals surface area contributed by atoms with E-state index >= 15 is 0 Å². The first-order chi connectivity index (χ1) is 7.91. The van der Waals surface area contributed by atoms with E-state index in [0.717, 1.165) is 37.3 Å². The third kappa shape index (κ3) is 15.3. The maximum absolute atomic E-state index is 8.89. The predicted octanol–water partition coefficient (Wildman–Crippen LogP) is -2.05. The molecule has 0 fully saturated rings. The summed E-state index contributed by atoms with van der Waals surface area (Å²) in [5.41, 5.74) is 0. The lowest BCUT2D eigenvalue weighted by molar-refractivity contribution is -0.910. The van der Waals surface area contributed by atoms with Crippen LogP contribution in [0, 0.1) is 0 Å². The van der Waals surface area contributed by atoms with E-state index in [2.05, 4.69) is 0 Å². The van der Waals surface area contributed by atoms with Crippen LogP contribution in [0.2, 0.25) is 0 Å². The fourth-order valence-electron chi connectivity index (χ4n) is 1.48. The SMILES string of the molecule is CC(=O)[O-].C[N+](CCO)(CCCO)CCCO. The zero-order valence-electron chi connectivity index (χ0n) is 10.8. The second-order valence-corrected chi connectivity index (χ2v) is 4.16. The Bertz CT molecular complexity index is 175. The number of hydrogen-bond donors (Lipinski definition) is 3. The van der Waals surface area contributed by atoms with E-state index in [0.29, 0.717) is 6.54 Å². The minimum Gasteiger partial charge on any atom is -0.550 e. The fourth-order valence-corrected chi connectivity index (χ4v) is 1.48. The predicted molar refractivity (Wildman–Crippen MR) is 62.0 cm³/mol. The molecule has 0 aromatic carbocycles. The number of rotatable bonds is 8. The Morgan fingerprint density at radius 3 is 1.59 bits per heavy atom. The van der Waals surface area contributed by atoms with Gasteiger partial charge in [-0.1, -0.05) is 0 Å². The standard InChI is InChI=1S/C9H22NO3.C2H4O2/c1-10(6-9-13,4-2-7-11)5-3-8-12;1-2(3)4/h11-13H,2-9H2,1H3;1H3,(H,3,4)/q+1;/p-1. The van der Waals surface area contributed by atoms with Crippen molar-refractivity contribution in [2.24, 2.45) is 0 Å². The number of aliphatic hydroxyl groups excluding tert-OH is 3. The van der Waals surface area contributed by atoms with Gasteiger partial charge in [0.25, 0.3) is 0 Å². The summed E-state index contributed by atoms with van der Waals surface area (Å²) in [7, 11) is 2.04. The molecule has 0 unspecified atom stereocenters. The monoisotopic (exact) mass is 251 g/mol. The average Bonchev–Trinajstić information content (AvgIpc) is 2.23. The van der Waals surface area contributed by atoms with E-state index in [1.54, 1.807) is 0 Å². The van der Waals surface area contributed by atoms with E-state index < -0.39 is 5.97 Å². The van der Waals surface area contributed by atoms with Gasteiger partial charge in [-0.3, -0.25) is 0 Å². The van der Waals surface area contributed by atoms with Crippen LogP contribution in [0.3, 0.4) is 0 Å². The van der Waals surface area contributed by atoms with Crippen molar-refractivity contribution in [3.8, 4) is 0 Å². The molecular formula is C11H25NO5. The Kier molecular flexibility index (Phi) is 12.9. The maximum atomic E-state index is 8.89. The minimum atomic E-state index is -1.08. The van der Waals surface area contributed by atoms with Gasteiger partial charge in [0, 0.05) is 32.0 Å². The average molecular weight is 251 g/mol. The molecule has 0 saturated heterocycles. The molecule has 0 atom stereocenters. The number of carbonyl (C=O) groups is 1. The molecule has 0 saturated carbocycles. The van der Waals surface area contributed by atoms with Crippen molar-refractivity contribution in [1.82, 2.24) is 0 Å². The highest BCUT2D eigenvalue weighted by molar-refractivity contribution is 5.60. The number of carbonyl (C=O) groups excluding carboxylic acids is 1. The number of likely N-dealkylation sites (N-methyl/N-ethyl adjacent to an activating group) is 1. The molecule has 0 aromatic rings. The number of nitrogens with zero attached hydrogens (tertiary/aromatic N) is 1. The molecule has 0 rings (SSSR count). The number of aliphatic carboxylic acids is 1. The summed E-state index contributed by atoms with van der Waals surface area (Å²) in [5.74, 6) is -1.08. The topological polar surface area (TPSA) is 101 Å². The highest BCUT2D eigenvalue weighted by Crippen LogP contribution is 2.04. The molecule has 3 N–H and O–H groups in total. The minimum absolute atomic E-state index is 0.160.